The summed E-state index contributed by atoms with van der Waals surface area (Å²) in [5, 5.41) is 3.57. The van der Waals surface area contributed by atoms with E-state index >= 15 is 0 Å². The van der Waals surface area contributed by atoms with E-state index < -0.39 is 0 Å². The highest BCUT2D eigenvalue weighted by Gasteiger charge is 2.18. The van der Waals surface area contributed by atoms with Gasteiger partial charge >= 0.3 is 0 Å². The fourth-order valence-corrected chi connectivity index (χ4v) is 2.53. The summed E-state index contributed by atoms with van der Waals surface area (Å²) in [6, 6.07) is 8.61. The second kappa shape index (κ2) is 5.75. The molecule has 1 aliphatic rings. The number of para-hydroxylation sites is 1. The lowest BCUT2D eigenvalue weighted by Crippen LogP contribution is -2.17. The number of ether oxygens (including phenoxy) is 1. The molecule has 0 radical (unpaired) electrons. The molecule has 18 heavy (non-hydrogen) atoms. The molecule has 2 heteroatoms. The fourth-order valence-electron chi connectivity index (χ4n) is 2.53. The third-order valence-corrected chi connectivity index (χ3v) is 3.54. The maximum Gasteiger partial charge on any atom is 0.0592 e. The lowest BCUT2D eigenvalue weighted by atomic mass is 9.86. The molecule has 0 bridgehead atoms. The second-order valence-corrected chi connectivity index (χ2v) is 6.15. The molecular weight excluding hydrogens is 222 g/mol. The number of rotatable bonds is 4. The van der Waals surface area contributed by atoms with Gasteiger partial charge in [-0.1, -0.05) is 39.0 Å². The van der Waals surface area contributed by atoms with Crippen LogP contribution >= 0.6 is 0 Å². The van der Waals surface area contributed by atoms with Gasteiger partial charge in [-0.15, -0.1) is 0 Å². The smallest absolute Gasteiger partial charge is 0.0592 e. The Labute approximate surface area is 111 Å². The molecule has 1 heterocycles. The van der Waals surface area contributed by atoms with Crippen LogP contribution in [0.4, 0.5) is 5.69 Å². The van der Waals surface area contributed by atoms with E-state index in [1.54, 1.807) is 0 Å². The molecule has 1 saturated heterocycles. The number of nitrogens with one attached hydrogen (secondary N) is 1. The van der Waals surface area contributed by atoms with Crippen LogP contribution in [0.3, 0.4) is 0 Å². The second-order valence-electron chi connectivity index (χ2n) is 6.15. The van der Waals surface area contributed by atoms with Gasteiger partial charge in [0.2, 0.25) is 0 Å². The van der Waals surface area contributed by atoms with Crippen LogP contribution in [0.25, 0.3) is 0 Å². The van der Waals surface area contributed by atoms with Crippen molar-refractivity contribution in [3.05, 3.63) is 29.8 Å². The van der Waals surface area contributed by atoms with Crippen LogP contribution in [0.2, 0.25) is 0 Å². The van der Waals surface area contributed by atoms with Crippen molar-refractivity contribution in [3.8, 4) is 0 Å². The van der Waals surface area contributed by atoms with Gasteiger partial charge in [-0.05, 0) is 36.3 Å². The number of anilines is 1. The van der Waals surface area contributed by atoms with Gasteiger partial charge < -0.3 is 10.1 Å². The highest BCUT2D eigenvalue weighted by molar-refractivity contribution is 5.54. The Kier molecular flexibility index (Phi) is 4.28. The number of hydrogen-bond acceptors (Lipinski definition) is 2. The van der Waals surface area contributed by atoms with Crippen LogP contribution in [0, 0.1) is 0 Å². The fraction of sp³-hybridized carbons (Fsp3) is 0.625. The van der Waals surface area contributed by atoms with Crippen molar-refractivity contribution >= 4 is 5.69 Å². The Hall–Kier alpha value is -1.02. The summed E-state index contributed by atoms with van der Waals surface area (Å²) in [6.45, 7) is 8.72. The van der Waals surface area contributed by atoms with Gasteiger partial charge in [-0.3, -0.25) is 0 Å². The predicted molar refractivity (Wildman–Crippen MR) is 77.2 cm³/mol. The molecule has 0 aliphatic carbocycles. The zero-order valence-electron chi connectivity index (χ0n) is 11.8. The van der Waals surface area contributed by atoms with Crippen LogP contribution in [-0.2, 0) is 10.2 Å². The Bertz CT molecular complexity index is 375. The normalized spacial score (nSPS) is 20.1. The highest BCUT2D eigenvalue weighted by atomic mass is 16.5. The van der Waals surface area contributed by atoms with Crippen molar-refractivity contribution in [1.29, 1.82) is 0 Å². The molecule has 1 aromatic rings. The van der Waals surface area contributed by atoms with E-state index in [4.69, 9.17) is 4.74 Å². The molecular formula is C16H25NO. The van der Waals surface area contributed by atoms with Crippen LogP contribution in [0.1, 0.15) is 45.6 Å². The third kappa shape index (κ3) is 3.49. The molecule has 2 nitrogen and oxygen atoms in total. The molecule has 1 fully saturated rings. The first-order chi connectivity index (χ1) is 8.57. The first-order valence-electron chi connectivity index (χ1n) is 7.02. The molecule has 100 valence electrons. The zero-order valence-corrected chi connectivity index (χ0v) is 11.8. The van der Waals surface area contributed by atoms with Gasteiger partial charge in [-0.25, -0.2) is 0 Å². The molecule has 0 aromatic heterocycles. The minimum absolute atomic E-state index is 0.188. The summed E-state index contributed by atoms with van der Waals surface area (Å²) in [7, 11) is 0. The van der Waals surface area contributed by atoms with Crippen molar-refractivity contribution in [2.24, 2.45) is 0 Å². The average Bonchev–Trinajstić information content (AvgIpc) is 2.81. The summed E-state index contributed by atoms with van der Waals surface area (Å²) in [6.07, 6.45) is 4.03. The first-order valence-corrected chi connectivity index (χ1v) is 7.02. The molecule has 1 aromatic carbocycles. The Morgan fingerprint density at radius 2 is 2.06 bits per heavy atom. The summed E-state index contributed by atoms with van der Waals surface area (Å²) >= 11 is 0. The van der Waals surface area contributed by atoms with Crippen LogP contribution in [-0.4, -0.2) is 19.3 Å². The summed E-state index contributed by atoms with van der Waals surface area (Å²) in [5.74, 6) is 0. The first kappa shape index (κ1) is 13.4. The third-order valence-electron chi connectivity index (χ3n) is 3.54. The van der Waals surface area contributed by atoms with E-state index in [0.717, 1.165) is 19.6 Å². The molecule has 1 unspecified atom stereocenters. The molecule has 2 rings (SSSR count). The van der Waals surface area contributed by atoms with E-state index in [-0.39, 0.29) is 5.41 Å². The maximum atomic E-state index is 5.65. The lowest BCUT2D eigenvalue weighted by Gasteiger charge is -2.23. The zero-order chi connectivity index (χ0) is 13.0. The monoisotopic (exact) mass is 247 g/mol. The summed E-state index contributed by atoms with van der Waals surface area (Å²) in [5.41, 5.74) is 2.84. The van der Waals surface area contributed by atoms with E-state index in [0.29, 0.717) is 6.10 Å². The van der Waals surface area contributed by atoms with Gasteiger partial charge in [0.05, 0.1) is 6.10 Å². The topological polar surface area (TPSA) is 21.3 Å². The number of hydrogen-bond donors (Lipinski definition) is 1. The lowest BCUT2D eigenvalue weighted by molar-refractivity contribution is 0.107. The Balaban J connectivity index is 1.92. The number of benzene rings is 1. The molecule has 1 aliphatic heterocycles. The van der Waals surface area contributed by atoms with Crippen LogP contribution in [0.15, 0.2) is 24.3 Å². The van der Waals surface area contributed by atoms with E-state index in [2.05, 4.69) is 50.4 Å². The molecule has 0 saturated carbocycles. The van der Waals surface area contributed by atoms with E-state index in [1.165, 1.54) is 24.1 Å². The van der Waals surface area contributed by atoms with Gasteiger partial charge in [0.25, 0.3) is 0 Å². The van der Waals surface area contributed by atoms with Crippen molar-refractivity contribution in [2.45, 2.75) is 51.6 Å². The van der Waals surface area contributed by atoms with Gasteiger partial charge in [0.1, 0.15) is 0 Å². The Morgan fingerprint density at radius 1 is 1.28 bits per heavy atom. The minimum atomic E-state index is 0.188. The van der Waals surface area contributed by atoms with Gasteiger partial charge in [-0.2, -0.15) is 0 Å². The van der Waals surface area contributed by atoms with E-state index in [9.17, 15) is 0 Å². The average molecular weight is 247 g/mol. The summed E-state index contributed by atoms with van der Waals surface area (Å²) in [4.78, 5) is 0. The largest absolute Gasteiger partial charge is 0.385 e. The Morgan fingerprint density at radius 3 is 2.72 bits per heavy atom. The molecule has 1 N–H and O–H groups in total. The molecule has 0 amide bonds. The SMILES string of the molecule is CC(C)(C)c1ccccc1NCCC1CCCO1. The molecule has 1 atom stereocenters. The van der Waals surface area contributed by atoms with Crippen LogP contribution in [0.5, 0.6) is 0 Å². The predicted octanol–water partition coefficient (Wildman–Crippen LogP) is 3.97. The van der Waals surface area contributed by atoms with Crippen molar-refractivity contribution in [3.63, 3.8) is 0 Å². The quantitative estimate of drug-likeness (QED) is 0.869. The molecule has 0 spiro atoms. The maximum absolute atomic E-state index is 5.65. The van der Waals surface area contributed by atoms with E-state index in [1.807, 2.05) is 0 Å². The van der Waals surface area contributed by atoms with Crippen molar-refractivity contribution < 1.29 is 4.74 Å². The van der Waals surface area contributed by atoms with Crippen molar-refractivity contribution in [2.75, 3.05) is 18.5 Å². The van der Waals surface area contributed by atoms with Gasteiger partial charge in [0.15, 0.2) is 0 Å². The standard InChI is InChI=1S/C16H25NO/c1-16(2,3)14-8-4-5-9-15(14)17-11-10-13-7-6-12-18-13/h4-5,8-9,13,17H,6-7,10-12H2,1-3H3. The van der Waals surface area contributed by atoms with Gasteiger partial charge in [0, 0.05) is 18.8 Å². The summed E-state index contributed by atoms with van der Waals surface area (Å²) < 4.78 is 5.65. The van der Waals surface area contributed by atoms with Crippen molar-refractivity contribution in [1.82, 2.24) is 0 Å². The minimum Gasteiger partial charge on any atom is -0.385 e. The van der Waals surface area contributed by atoms with Crippen LogP contribution < -0.4 is 5.32 Å². The highest BCUT2D eigenvalue weighted by Crippen LogP contribution is 2.29.